The monoisotopic (exact) mass is 410 g/mol. The van der Waals surface area contributed by atoms with Gasteiger partial charge in [-0.15, -0.1) is 0 Å². The van der Waals surface area contributed by atoms with Gasteiger partial charge in [-0.3, -0.25) is 14.2 Å². The summed E-state index contributed by atoms with van der Waals surface area (Å²) in [5.74, 6) is 0.943. The summed E-state index contributed by atoms with van der Waals surface area (Å²) >= 11 is 1.42. The van der Waals surface area contributed by atoms with Crippen LogP contribution in [0.15, 0.2) is 35.1 Å². The van der Waals surface area contributed by atoms with Crippen molar-refractivity contribution < 1.29 is 4.79 Å². The Morgan fingerprint density at radius 2 is 2.00 bits per heavy atom. The summed E-state index contributed by atoms with van der Waals surface area (Å²) < 4.78 is 1.68. The Labute approximate surface area is 174 Å². The number of fused-ring (bicyclic) bond motifs is 1. The van der Waals surface area contributed by atoms with Gasteiger partial charge in [0, 0.05) is 19.0 Å². The largest absolute Gasteiger partial charge is 0.338 e. The number of thiazole rings is 1. The number of ketones is 1. The van der Waals surface area contributed by atoms with Crippen LogP contribution in [0.5, 0.6) is 0 Å². The van der Waals surface area contributed by atoms with Crippen molar-refractivity contribution >= 4 is 32.6 Å². The number of carbonyl (C=O) groups is 1. The first kappa shape index (κ1) is 19.8. The molecule has 0 saturated carbocycles. The molecule has 4 rings (SSSR count). The van der Waals surface area contributed by atoms with E-state index in [9.17, 15) is 9.59 Å². The number of nitrogens with zero attached hydrogens (tertiary/aromatic N) is 4. The number of benzene rings is 1. The standard InChI is InChI=1S/C22H26N4O2S/c1-14(2)26-15(3)23-20-19(21(26)28)24-22(29-20)25-13-7-10-17(25)18(27)12-11-16-8-5-4-6-9-16/h4-6,8-9,14,17H,7,10-13H2,1-3H3/t17-/m1/s1. The summed E-state index contributed by atoms with van der Waals surface area (Å²) in [5, 5.41) is 0.737. The van der Waals surface area contributed by atoms with Gasteiger partial charge >= 0.3 is 0 Å². The summed E-state index contributed by atoms with van der Waals surface area (Å²) in [5.41, 5.74) is 1.49. The Morgan fingerprint density at radius 3 is 2.72 bits per heavy atom. The third-order valence-electron chi connectivity index (χ3n) is 5.52. The molecule has 0 aliphatic carbocycles. The van der Waals surface area contributed by atoms with Gasteiger partial charge in [-0.2, -0.15) is 0 Å². The summed E-state index contributed by atoms with van der Waals surface area (Å²) in [6, 6.07) is 9.97. The second kappa shape index (κ2) is 8.06. The van der Waals surface area contributed by atoms with Crippen LogP contribution in [-0.2, 0) is 11.2 Å². The van der Waals surface area contributed by atoms with Gasteiger partial charge in [0.25, 0.3) is 5.56 Å². The maximum atomic E-state index is 12.9. The van der Waals surface area contributed by atoms with Crippen molar-refractivity contribution in [3.8, 4) is 0 Å². The van der Waals surface area contributed by atoms with Crippen LogP contribution in [0.25, 0.3) is 10.3 Å². The van der Waals surface area contributed by atoms with Gasteiger partial charge in [0.2, 0.25) is 0 Å². The lowest BCUT2D eigenvalue weighted by Gasteiger charge is -2.22. The highest BCUT2D eigenvalue weighted by Crippen LogP contribution is 2.32. The van der Waals surface area contributed by atoms with E-state index in [2.05, 4.69) is 27.0 Å². The average molecular weight is 411 g/mol. The van der Waals surface area contributed by atoms with Gasteiger partial charge in [0.15, 0.2) is 21.3 Å². The second-order valence-electron chi connectivity index (χ2n) is 7.88. The van der Waals surface area contributed by atoms with E-state index < -0.39 is 0 Å². The van der Waals surface area contributed by atoms with E-state index >= 15 is 0 Å². The Balaban J connectivity index is 1.58. The fraction of sp³-hybridized carbons (Fsp3) is 0.455. The predicted octanol–water partition coefficient (Wildman–Crippen LogP) is 3.91. The van der Waals surface area contributed by atoms with Gasteiger partial charge < -0.3 is 4.90 Å². The minimum Gasteiger partial charge on any atom is -0.338 e. The Bertz CT molecular complexity index is 1090. The molecular formula is C22H26N4O2S. The van der Waals surface area contributed by atoms with Crippen molar-refractivity contribution in [2.45, 2.75) is 58.5 Å². The molecule has 1 saturated heterocycles. The van der Waals surface area contributed by atoms with Gasteiger partial charge in [-0.1, -0.05) is 41.7 Å². The molecule has 0 spiro atoms. The zero-order chi connectivity index (χ0) is 20.5. The molecule has 6 nitrogen and oxygen atoms in total. The normalized spacial score (nSPS) is 16.8. The van der Waals surface area contributed by atoms with Gasteiger partial charge in [-0.25, -0.2) is 9.97 Å². The molecule has 1 aliphatic rings. The summed E-state index contributed by atoms with van der Waals surface area (Å²) in [7, 11) is 0. The molecule has 0 radical (unpaired) electrons. The Hall–Kier alpha value is -2.54. The molecule has 1 atom stereocenters. The summed E-state index contributed by atoms with van der Waals surface area (Å²) in [6.07, 6.45) is 3.07. The molecule has 29 heavy (non-hydrogen) atoms. The van der Waals surface area contributed by atoms with Crippen molar-refractivity contribution in [1.29, 1.82) is 0 Å². The van der Waals surface area contributed by atoms with Crippen LogP contribution in [-0.4, -0.2) is 32.9 Å². The van der Waals surface area contributed by atoms with Crippen LogP contribution in [0.4, 0.5) is 5.13 Å². The molecule has 1 aromatic carbocycles. The lowest BCUT2D eigenvalue weighted by molar-refractivity contribution is -0.120. The molecule has 2 aromatic heterocycles. The van der Waals surface area contributed by atoms with E-state index in [0.717, 1.165) is 30.9 Å². The zero-order valence-electron chi connectivity index (χ0n) is 17.1. The number of hydrogen-bond donors (Lipinski definition) is 0. The topological polar surface area (TPSA) is 68.1 Å². The molecule has 0 amide bonds. The molecule has 152 valence electrons. The third-order valence-corrected chi connectivity index (χ3v) is 6.51. The number of Topliss-reactive ketones (excluding diaryl/α,β-unsaturated/α-hetero) is 1. The molecule has 7 heteroatoms. The first-order valence-corrected chi connectivity index (χ1v) is 11.0. The first-order chi connectivity index (χ1) is 14.0. The number of rotatable bonds is 6. The highest BCUT2D eigenvalue weighted by atomic mass is 32.1. The van der Waals surface area contributed by atoms with Crippen LogP contribution in [0.2, 0.25) is 0 Å². The Morgan fingerprint density at radius 1 is 1.24 bits per heavy atom. The molecule has 0 unspecified atom stereocenters. The van der Waals surface area contributed by atoms with E-state index in [1.807, 2.05) is 39.0 Å². The van der Waals surface area contributed by atoms with Gasteiger partial charge in [0.05, 0.1) is 6.04 Å². The molecule has 0 N–H and O–H groups in total. The maximum absolute atomic E-state index is 12.9. The van der Waals surface area contributed by atoms with Crippen LogP contribution >= 0.6 is 11.3 Å². The number of carbonyl (C=O) groups excluding carboxylic acids is 1. The third kappa shape index (κ3) is 3.83. The molecule has 1 aliphatic heterocycles. The van der Waals surface area contributed by atoms with Crippen LogP contribution in [0.3, 0.4) is 0 Å². The van der Waals surface area contributed by atoms with Gasteiger partial charge in [-0.05, 0) is 45.6 Å². The summed E-state index contributed by atoms with van der Waals surface area (Å²) in [6.45, 7) is 6.58. The number of anilines is 1. The number of aryl methyl sites for hydroxylation is 2. The lowest BCUT2D eigenvalue weighted by Crippen LogP contribution is -2.36. The Kier molecular flexibility index (Phi) is 5.50. The minimum atomic E-state index is -0.160. The maximum Gasteiger partial charge on any atom is 0.281 e. The van der Waals surface area contributed by atoms with E-state index in [4.69, 9.17) is 0 Å². The summed E-state index contributed by atoms with van der Waals surface area (Å²) in [4.78, 5) is 37.8. The highest BCUT2D eigenvalue weighted by molar-refractivity contribution is 7.21. The van der Waals surface area contributed by atoms with E-state index in [1.54, 1.807) is 4.57 Å². The second-order valence-corrected chi connectivity index (χ2v) is 8.84. The van der Waals surface area contributed by atoms with E-state index in [1.165, 1.54) is 16.9 Å². The molecular weight excluding hydrogens is 384 g/mol. The van der Waals surface area contributed by atoms with E-state index in [0.29, 0.717) is 22.6 Å². The number of aromatic nitrogens is 3. The quantitative estimate of drug-likeness (QED) is 0.616. The molecule has 1 fully saturated rings. The molecule has 3 heterocycles. The highest BCUT2D eigenvalue weighted by Gasteiger charge is 2.32. The van der Waals surface area contributed by atoms with Crippen LogP contribution < -0.4 is 10.5 Å². The fourth-order valence-corrected chi connectivity index (χ4v) is 5.17. The minimum absolute atomic E-state index is 0.0312. The number of hydrogen-bond acceptors (Lipinski definition) is 6. The van der Waals surface area contributed by atoms with Crippen LogP contribution in [0.1, 0.15) is 50.5 Å². The lowest BCUT2D eigenvalue weighted by atomic mass is 10.0. The van der Waals surface area contributed by atoms with Gasteiger partial charge in [0.1, 0.15) is 5.82 Å². The average Bonchev–Trinajstić information content (AvgIpc) is 3.33. The van der Waals surface area contributed by atoms with Crippen LogP contribution in [0, 0.1) is 6.92 Å². The fourth-order valence-electron chi connectivity index (χ4n) is 4.12. The molecule has 3 aromatic rings. The van der Waals surface area contributed by atoms with Crippen molar-refractivity contribution in [2.24, 2.45) is 0 Å². The first-order valence-electron chi connectivity index (χ1n) is 10.2. The SMILES string of the molecule is Cc1nc2sc(N3CCC[C@@H]3C(=O)CCc3ccccc3)nc2c(=O)n1C(C)C. The van der Waals surface area contributed by atoms with E-state index in [-0.39, 0.29) is 23.4 Å². The van der Waals surface area contributed by atoms with Crippen molar-refractivity contribution in [3.05, 3.63) is 52.1 Å². The van der Waals surface area contributed by atoms with Crippen molar-refractivity contribution in [3.63, 3.8) is 0 Å². The van der Waals surface area contributed by atoms with Crippen molar-refractivity contribution in [2.75, 3.05) is 11.4 Å². The smallest absolute Gasteiger partial charge is 0.281 e. The predicted molar refractivity (Wildman–Crippen MR) is 117 cm³/mol. The zero-order valence-corrected chi connectivity index (χ0v) is 17.9. The van der Waals surface area contributed by atoms with Crippen molar-refractivity contribution in [1.82, 2.24) is 14.5 Å². The molecule has 0 bridgehead atoms.